The maximum Gasteiger partial charge on any atom is 0.132 e. The van der Waals surface area contributed by atoms with Crippen LogP contribution >= 0.6 is 0 Å². The highest BCUT2D eigenvalue weighted by molar-refractivity contribution is 5.96. The normalized spacial score (nSPS) is 16.5. The molecule has 0 bridgehead atoms. The van der Waals surface area contributed by atoms with Gasteiger partial charge >= 0.3 is 0 Å². The van der Waals surface area contributed by atoms with Crippen LogP contribution < -0.4 is 14.4 Å². The highest BCUT2D eigenvalue weighted by Crippen LogP contribution is 2.66. The van der Waals surface area contributed by atoms with E-state index in [9.17, 15) is 0 Å². The molecule has 0 aromatic heterocycles. The van der Waals surface area contributed by atoms with Crippen LogP contribution in [-0.4, -0.2) is 0 Å². The number of benzene rings is 11. The number of para-hydroxylation sites is 1. The molecule has 6 aliphatic rings. The molecule has 0 unspecified atom stereocenters. The Labute approximate surface area is 538 Å². The molecule has 91 heavy (non-hydrogen) atoms. The molecule has 2 aliphatic heterocycles. The van der Waals surface area contributed by atoms with E-state index in [2.05, 4.69) is 283 Å². The highest BCUT2D eigenvalue weighted by atomic mass is 16.5. The number of nitrogens with zero attached hydrogens (tertiary/aromatic N) is 1. The van der Waals surface area contributed by atoms with E-state index in [0.717, 1.165) is 51.2 Å². The van der Waals surface area contributed by atoms with Crippen molar-refractivity contribution < 1.29 is 9.47 Å². The van der Waals surface area contributed by atoms with Crippen LogP contribution in [0.25, 0.3) is 44.5 Å². The average molecular weight is 1180 g/mol. The summed E-state index contributed by atoms with van der Waals surface area (Å²) in [7, 11) is 0. The van der Waals surface area contributed by atoms with Gasteiger partial charge in [-0.3, -0.25) is 0 Å². The summed E-state index contributed by atoms with van der Waals surface area (Å²) in [6.45, 7) is 14.0. The Bertz CT molecular complexity index is 4560. The van der Waals surface area contributed by atoms with E-state index < -0.39 is 10.8 Å². The summed E-state index contributed by atoms with van der Waals surface area (Å²) in [5.41, 5.74) is 26.9. The number of anilines is 3. The Morgan fingerprint density at radius 1 is 0.308 bits per heavy atom. The SMILES string of the molecule is CC(C)(C)c1ccc2c(c1)C1(c3cc(C(C)(C)C)ccc3O2)c2ccccc2-c2ccc(N(c3ccc4c(c3)C3(c5cc(C6CCCCC6)ccc5Oc5ccc(C6CCCCC6)cc53)c3ccccc3-4)c3ccccc3-c3ccc(-c4ccccc4)cc3)cc21. The summed E-state index contributed by atoms with van der Waals surface area (Å²) in [6, 6.07) is 91.3. The fourth-order valence-electron chi connectivity index (χ4n) is 17.3. The van der Waals surface area contributed by atoms with Gasteiger partial charge in [-0.25, -0.2) is 0 Å². The first-order valence-corrected chi connectivity index (χ1v) is 33.8. The van der Waals surface area contributed by atoms with Gasteiger partial charge in [0.2, 0.25) is 0 Å². The van der Waals surface area contributed by atoms with Crippen molar-refractivity contribution >= 4 is 17.1 Å². The monoisotopic (exact) mass is 1180 g/mol. The van der Waals surface area contributed by atoms with E-state index in [0.29, 0.717) is 11.8 Å². The summed E-state index contributed by atoms with van der Waals surface area (Å²) in [5, 5.41) is 0. The van der Waals surface area contributed by atoms with Crippen molar-refractivity contribution in [1.29, 1.82) is 0 Å². The molecule has 2 fully saturated rings. The van der Waals surface area contributed by atoms with Gasteiger partial charge in [-0.15, -0.1) is 0 Å². The van der Waals surface area contributed by atoms with Crippen molar-refractivity contribution in [1.82, 2.24) is 0 Å². The van der Waals surface area contributed by atoms with Gasteiger partial charge in [-0.05, 0) is 199 Å². The van der Waals surface area contributed by atoms with Crippen molar-refractivity contribution in [3.63, 3.8) is 0 Å². The van der Waals surface area contributed by atoms with Crippen LogP contribution in [0.4, 0.5) is 17.1 Å². The van der Waals surface area contributed by atoms with Crippen LogP contribution in [0.3, 0.4) is 0 Å². The van der Waals surface area contributed by atoms with E-state index in [4.69, 9.17) is 9.47 Å². The third-order valence-corrected chi connectivity index (χ3v) is 21.9. The third-order valence-electron chi connectivity index (χ3n) is 21.9. The summed E-state index contributed by atoms with van der Waals surface area (Å²) >= 11 is 0. The fraction of sp³-hybridized carbons (Fsp3) is 0.250. The zero-order valence-electron chi connectivity index (χ0n) is 53.5. The summed E-state index contributed by atoms with van der Waals surface area (Å²) in [6.07, 6.45) is 12.6. The van der Waals surface area contributed by atoms with E-state index >= 15 is 0 Å². The maximum absolute atomic E-state index is 7.30. The fourth-order valence-corrected chi connectivity index (χ4v) is 17.3. The van der Waals surface area contributed by atoms with Crippen LogP contribution in [0.5, 0.6) is 23.0 Å². The van der Waals surface area contributed by atoms with Gasteiger partial charge in [0.25, 0.3) is 0 Å². The summed E-state index contributed by atoms with van der Waals surface area (Å²) in [4.78, 5) is 2.60. The molecule has 11 aromatic rings. The molecule has 448 valence electrons. The molecule has 4 aliphatic carbocycles. The molecular formula is C88H79NO2. The van der Waals surface area contributed by atoms with Gasteiger partial charge in [0, 0.05) is 39.2 Å². The lowest BCUT2D eigenvalue weighted by Crippen LogP contribution is -2.33. The predicted octanol–water partition coefficient (Wildman–Crippen LogP) is 24.1. The topological polar surface area (TPSA) is 21.7 Å². The summed E-state index contributed by atoms with van der Waals surface area (Å²) in [5.74, 6) is 4.75. The van der Waals surface area contributed by atoms with Crippen molar-refractivity contribution in [2.24, 2.45) is 0 Å². The minimum atomic E-state index is -0.725. The lowest BCUT2D eigenvalue weighted by atomic mass is 9.64. The Morgan fingerprint density at radius 3 is 1.16 bits per heavy atom. The molecule has 2 saturated carbocycles. The lowest BCUT2D eigenvalue weighted by Gasteiger charge is -2.41. The second kappa shape index (κ2) is 21.2. The minimum absolute atomic E-state index is 0.114. The van der Waals surface area contributed by atoms with E-state index in [1.807, 2.05) is 0 Å². The highest BCUT2D eigenvalue weighted by Gasteiger charge is 2.54. The molecule has 11 aromatic carbocycles. The first-order chi connectivity index (χ1) is 44.3. The molecular weight excluding hydrogens is 1100 g/mol. The molecule has 0 amide bonds. The molecule has 0 saturated heterocycles. The molecule has 17 rings (SSSR count). The molecule has 0 radical (unpaired) electrons. The van der Waals surface area contributed by atoms with Gasteiger partial charge in [0.05, 0.1) is 16.5 Å². The van der Waals surface area contributed by atoms with Gasteiger partial charge < -0.3 is 14.4 Å². The number of fused-ring (bicyclic) bond motifs is 18. The van der Waals surface area contributed by atoms with E-state index in [1.54, 1.807) is 0 Å². The Hall–Kier alpha value is -9.18. The first-order valence-electron chi connectivity index (χ1n) is 33.8. The Morgan fingerprint density at radius 2 is 0.692 bits per heavy atom. The minimum Gasteiger partial charge on any atom is -0.457 e. The largest absolute Gasteiger partial charge is 0.457 e. The van der Waals surface area contributed by atoms with E-state index in [-0.39, 0.29) is 10.8 Å². The smallest absolute Gasteiger partial charge is 0.132 e. The van der Waals surface area contributed by atoms with Crippen molar-refractivity contribution in [2.75, 3.05) is 4.90 Å². The average Bonchev–Trinajstić information content (AvgIpc) is 1.46. The van der Waals surface area contributed by atoms with Crippen molar-refractivity contribution in [3.05, 3.63) is 303 Å². The maximum atomic E-state index is 7.30. The molecule has 3 nitrogen and oxygen atoms in total. The molecule has 3 heteroatoms. The summed E-state index contributed by atoms with van der Waals surface area (Å²) < 4.78 is 14.5. The molecule has 2 heterocycles. The van der Waals surface area contributed by atoms with Gasteiger partial charge in [-0.2, -0.15) is 0 Å². The van der Waals surface area contributed by atoms with Crippen LogP contribution in [0.1, 0.15) is 184 Å². The third kappa shape index (κ3) is 8.73. The quantitative estimate of drug-likeness (QED) is 0.159. The predicted molar refractivity (Wildman–Crippen MR) is 376 cm³/mol. The zero-order chi connectivity index (χ0) is 61.4. The van der Waals surface area contributed by atoms with Crippen LogP contribution in [0.2, 0.25) is 0 Å². The number of ether oxygens (including phenoxy) is 2. The van der Waals surface area contributed by atoms with E-state index in [1.165, 1.54) is 164 Å². The van der Waals surface area contributed by atoms with Crippen molar-refractivity contribution in [3.8, 4) is 67.5 Å². The van der Waals surface area contributed by atoms with Crippen LogP contribution in [-0.2, 0) is 21.7 Å². The number of hydrogen-bond acceptors (Lipinski definition) is 3. The molecule has 2 spiro atoms. The zero-order valence-corrected chi connectivity index (χ0v) is 53.5. The first kappa shape index (κ1) is 55.9. The standard InChI is InChI=1S/C88H79NO2/c1-85(2,3)63-40-48-83-78(52-63)88(79-53-64(86(4,5)6)41-49-84(79)91-83)73-32-20-17-30-69(73)71-45-43-66(55-75(71)88)89(80-33-21-18-28-67(80)60-36-34-59(35-37-60)56-22-10-7-11-23-56)65-42-44-70-68-29-16-19-31-72(68)87(74(70)54-65)76-50-61(57-24-12-8-13-25-57)38-46-81(76)90-82-47-39-62(51-77(82)87)58-26-14-9-15-27-58/h7,10-11,16-23,28-55,57-58H,8-9,12-15,24-27H2,1-6H3. The van der Waals surface area contributed by atoms with Crippen molar-refractivity contribution in [2.45, 2.75) is 139 Å². The number of rotatable bonds is 7. The second-order valence-corrected chi connectivity index (χ2v) is 29.2. The molecule has 0 atom stereocenters. The van der Waals surface area contributed by atoms with Crippen LogP contribution in [0, 0.1) is 0 Å². The number of hydrogen-bond donors (Lipinski definition) is 0. The second-order valence-electron chi connectivity index (χ2n) is 29.2. The van der Waals surface area contributed by atoms with Gasteiger partial charge in [-0.1, -0.05) is 250 Å². The lowest BCUT2D eigenvalue weighted by molar-refractivity contribution is 0.424. The van der Waals surface area contributed by atoms with Crippen LogP contribution in [0.15, 0.2) is 237 Å². The van der Waals surface area contributed by atoms with Gasteiger partial charge in [0.1, 0.15) is 23.0 Å². The Balaban J connectivity index is 0.948. The van der Waals surface area contributed by atoms with Gasteiger partial charge in [0.15, 0.2) is 0 Å². The molecule has 0 N–H and O–H groups in total. The Kier molecular flexibility index (Phi) is 13.0.